The van der Waals surface area contributed by atoms with Crippen LogP contribution >= 0.6 is 0 Å². The minimum Gasteiger partial charge on any atom is -0.489 e. The summed E-state index contributed by atoms with van der Waals surface area (Å²) in [6.45, 7) is 0.542. The van der Waals surface area contributed by atoms with Gasteiger partial charge in [0.05, 0.1) is 11.4 Å². The van der Waals surface area contributed by atoms with Gasteiger partial charge < -0.3 is 10.5 Å². The number of hydrogen-bond donors (Lipinski definition) is 1. The van der Waals surface area contributed by atoms with Gasteiger partial charge in [-0.15, -0.1) is 0 Å². The fourth-order valence-electron chi connectivity index (χ4n) is 3.02. The highest BCUT2D eigenvalue weighted by molar-refractivity contribution is 5.65. The summed E-state index contributed by atoms with van der Waals surface area (Å²) < 4.78 is 21.4. The quantitative estimate of drug-likeness (QED) is 0.532. The van der Waals surface area contributed by atoms with Crippen LogP contribution in [0.4, 0.5) is 4.39 Å². The van der Waals surface area contributed by atoms with Crippen LogP contribution in [0.2, 0.25) is 0 Å². The summed E-state index contributed by atoms with van der Waals surface area (Å²) in [5.41, 5.74) is 10.1. The Hall–Kier alpha value is -3.44. The average Bonchev–Trinajstić information content (AvgIpc) is 3.19. The summed E-state index contributed by atoms with van der Waals surface area (Å²) in [6.07, 6.45) is 1.94. The van der Waals surface area contributed by atoms with Gasteiger partial charge in [-0.05, 0) is 30.3 Å². The van der Waals surface area contributed by atoms with E-state index < -0.39 is 0 Å². The highest BCUT2D eigenvalue weighted by Crippen LogP contribution is 2.27. The molecular weight excluding hydrogens is 353 g/mol. The normalized spacial score (nSPS) is 10.8. The summed E-state index contributed by atoms with van der Waals surface area (Å²) in [7, 11) is 0. The molecule has 4 aromatic rings. The monoisotopic (exact) mass is 373 g/mol. The molecule has 140 valence electrons. The van der Waals surface area contributed by atoms with Crippen LogP contribution in [0.15, 0.2) is 85.1 Å². The van der Waals surface area contributed by atoms with Crippen LogP contribution in [0.25, 0.3) is 16.9 Å². The van der Waals surface area contributed by atoms with Crippen molar-refractivity contribution in [1.29, 1.82) is 0 Å². The first-order chi connectivity index (χ1) is 13.7. The molecule has 0 fully saturated rings. The second kappa shape index (κ2) is 8.06. The predicted octanol–water partition coefficient (Wildman–Crippen LogP) is 4.72. The number of halogens is 1. The van der Waals surface area contributed by atoms with Crippen LogP contribution in [0.5, 0.6) is 5.75 Å². The molecule has 0 unspecified atom stereocenters. The minimum absolute atomic E-state index is 0.165. The van der Waals surface area contributed by atoms with Crippen molar-refractivity contribution in [3.05, 3.63) is 102 Å². The minimum atomic E-state index is -0.273. The van der Waals surface area contributed by atoms with E-state index in [0.29, 0.717) is 17.9 Å². The molecule has 0 saturated heterocycles. The summed E-state index contributed by atoms with van der Waals surface area (Å²) in [5, 5.41) is 4.72. The van der Waals surface area contributed by atoms with Crippen LogP contribution < -0.4 is 10.5 Å². The number of para-hydroxylation sites is 1. The molecule has 28 heavy (non-hydrogen) atoms. The third kappa shape index (κ3) is 3.80. The molecule has 0 amide bonds. The SMILES string of the molecule is NCc1cn(-c2ccccc2)nc1-c1cccc(OCc2ccccc2F)c1. The smallest absolute Gasteiger partial charge is 0.129 e. The molecular formula is C23H20FN3O. The number of rotatable bonds is 6. The number of aromatic nitrogens is 2. The third-order valence-corrected chi connectivity index (χ3v) is 4.49. The van der Waals surface area contributed by atoms with Crippen LogP contribution in [-0.4, -0.2) is 9.78 Å². The van der Waals surface area contributed by atoms with Crippen molar-refractivity contribution in [2.75, 3.05) is 0 Å². The predicted molar refractivity (Wildman–Crippen MR) is 108 cm³/mol. The second-order valence-corrected chi connectivity index (χ2v) is 6.40. The van der Waals surface area contributed by atoms with E-state index in [0.717, 1.165) is 22.5 Å². The van der Waals surface area contributed by atoms with Crippen LogP contribution in [0.3, 0.4) is 0 Å². The molecule has 0 atom stereocenters. The Balaban J connectivity index is 1.61. The van der Waals surface area contributed by atoms with Crippen LogP contribution in [0, 0.1) is 5.82 Å². The van der Waals surface area contributed by atoms with E-state index in [1.807, 2.05) is 65.5 Å². The molecule has 4 rings (SSSR count). The van der Waals surface area contributed by atoms with Gasteiger partial charge in [0.1, 0.15) is 18.2 Å². The molecule has 4 nitrogen and oxygen atoms in total. The number of nitrogens with zero attached hydrogens (tertiary/aromatic N) is 2. The van der Waals surface area contributed by atoms with Gasteiger partial charge >= 0.3 is 0 Å². The zero-order chi connectivity index (χ0) is 19.3. The molecule has 3 aromatic carbocycles. The largest absolute Gasteiger partial charge is 0.489 e. The molecule has 0 aliphatic rings. The van der Waals surface area contributed by atoms with E-state index in [9.17, 15) is 4.39 Å². The lowest BCUT2D eigenvalue weighted by Gasteiger charge is -2.09. The fraction of sp³-hybridized carbons (Fsp3) is 0.0870. The van der Waals surface area contributed by atoms with Gasteiger partial charge in [0, 0.05) is 29.4 Å². The van der Waals surface area contributed by atoms with Gasteiger partial charge in [0.15, 0.2) is 0 Å². The van der Waals surface area contributed by atoms with Gasteiger partial charge in [0.25, 0.3) is 0 Å². The topological polar surface area (TPSA) is 53.1 Å². The molecule has 5 heteroatoms. The maximum Gasteiger partial charge on any atom is 0.129 e. The summed E-state index contributed by atoms with van der Waals surface area (Å²) in [4.78, 5) is 0. The number of ether oxygens (including phenoxy) is 1. The Bertz CT molecular complexity index is 1080. The Morgan fingerprint density at radius 3 is 2.46 bits per heavy atom. The Morgan fingerprint density at radius 1 is 0.893 bits per heavy atom. The van der Waals surface area contributed by atoms with Crippen molar-refractivity contribution in [2.45, 2.75) is 13.2 Å². The van der Waals surface area contributed by atoms with E-state index in [1.54, 1.807) is 18.2 Å². The Kier molecular flexibility index (Phi) is 5.17. The first-order valence-corrected chi connectivity index (χ1v) is 9.05. The lowest BCUT2D eigenvalue weighted by molar-refractivity contribution is 0.300. The lowest BCUT2D eigenvalue weighted by atomic mass is 10.1. The van der Waals surface area contributed by atoms with Gasteiger partial charge in [0.2, 0.25) is 0 Å². The van der Waals surface area contributed by atoms with Gasteiger partial charge in [-0.2, -0.15) is 5.10 Å². The molecule has 0 bridgehead atoms. The van der Waals surface area contributed by atoms with Crippen LogP contribution in [-0.2, 0) is 13.2 Å². The van der Waals surface area contributed by atoms with E-state index in [1.165, 1.54) is 6.07 Å². The Labute approximate surface area is 163 Å². The summed E-state index contributed by atoms with van der Waals surface area (Å²) in [5.74, 6) is 0.378. The zero-order valence-corrected chi connectivity index (χ0v) is 15.3. The molecule has 1 heterocycles. The van der Waals surface area contributed by atoms with Crippen molar-refractivity contribution < 1.29 is 9.13 Å². The van der Waals surface area contributed by atoms with Crippen molar-refractivity contribution in [3.8, 4) is 22.7 Å². The molecule has 0 saturated carbocycles. The molecule has 1 aromatic heterocycles. The van der Waals surface area contributed by atoms with E-state index in [2.05, 4.69) is 0 Å². The average molecular weight is 373 g/mol. The first-order valence-electron chi connectivity index (χ1n) is 9.05. The lowest BCUT2D eigenvalue weighted by Crippen LogP contribution is -1.99. The maximum atomic E-state index is 13.8. The zero-order valence-electron chi connectivity index (χ0n) is 15.3. The van der Waals surface area contributed by atoms with Crippen molar-refractivity contribution >= 4 is 0 Å². The number of hydrogen-bond acceptors (Lipinski definition) is 3. The molecule has 2 N–H and O–H groups in total. The maximum absolute atomic E-state index is 13.8. The van der Waals surface area contributed by atoms with Crippen LogP contribution in [0.1, 0.15) is 11.1 Å². The number of nitrogens with two attached hydrogens (primary N) is 1. The van der Waals surface area contributed by atoms with Crippen molar-refractivity contribution in [1.82, 2.24) is 9.78 Å². The third-order valence-electron chi connectivity index (χ3n) is 4.49. The molecule has 0 aliphatic carbocycles. The molecule has 0 spiro atoms. The first kappa shape index (κ1) is 17.9. The summed E-state index contributed by atoms with van der Waals surface area (Å²) >= 11 is 0. The Morgan fingerprint density at radius 2 is 1.68 bits per heavy atom. The fourth-order valence-corrected chi connectivity index (χ4v) is 3.02. The second-order valence-electron chi connectivity index (χ2n) is 6.40. The van der Waals surface area contributed by atoms with E-state index >= 15 is 0 Å². The summed E-state index contributed by atoms with van der Waals surface area (Å²) in [6, 6.07) is 24.1. The van der Waals surface area contributed by atoms with Crippen molar-refractivity contribution in [2.24, 2.45) is 5.73 Å². The van der Waals surface area contributed by atoms with E-state index in [-0.39, 0.29) is 12.4 Å². The van der Waals surface area contributed by atoms with Gasteiger partial charge in [-0.3, -0.25) is 0 Å². The molecule has 0 radical (unpaired) electrons. The van der Waals surface area contributed by atoms with Crippen molar-refractivity contribution in [3.63, 3.8) is 0 Å². The van der Waals surface area contributed by atoms with E-state index in [4.69, 9.17) is 15.6 Å². The highest BCUT2D eigenvalue weighted by Gasteiger charge is 2.12. The highest BCUT2D eigenvalue weighted by atomic mass is 19.1. The number of benzene rings is 3. The molecule has 0 aliphatic heterocycles. The standard InChI is InChI=1S/C23H20FN3O/c24-22-12-5-4-7-18(22)16-28-21-11-6-8-17(13-21)23-19(14-25)15-27(26-23)20-9-2-1-3-10-20/h1-13,15H,14,16,25H2. The van der Waals surface area contributed by atoms with Gasteiger partial charge in [-0.25, -0.2) is 9.07 Å². The van der Waals surface area contributed by atoms with Gasteiger partial charge in [-0.1, -0.05) is 48.5 Å².